The van der Waals surface area contributed by atoms with Crippen molar-refractivity contribution in [1.82, 2.24) is 10.2 Å². The summed E-state index contributed by atoms with van der Waals surface area (Å²) < 4.78 is 0. The van der Waals surface area contributed by atoms with Crippen LogP contribution in [0.4, 0.5) is 0 Å². The van der Waals surface area contributed by atoms with Crippen LogP contribution < -0.4 is 5.32 Å². The topological polar surface area (TPSA) is 49.4 Å². The number of hydrogen-bond donors (Lipinski definition) is 1. The predicted octanol–water partition coefficient (Wildman–Crippen LogP) is 4.09. The van der Waals surface area contributed by atoms with E-state index in [-0.39, 0.29) is 24.8 Å². The van der Waals surface area contributed by atoms with Gasteiger partial charge in [-0.1, -0.05) is 66.5 Å². The van der Waals surface area contributed by atoms with Crippen LogP contribution in [0, 0.1) is 0 Å². The molecular formula is C20H22Cl2N2O2. The summed E-state index contributed by atoms with van der Waals surface area (Å²) in [6, 6.07) is 14.2. The van der Waals surface area contributed by atoms with Gasteiger partial charge in [0.05, 0.1) is 16.5 Å². The zero-order chi connectivity index (χ0) is 19.1. The molecular weight excluding hydrogens is 371 g/mol. The summed E-state index contributed by atoms with van der Waals surface area (Å²) in [7, 11) is 1.57. The van der Waals surface area contributed by atoms with Crippen molar-refractivity contribution in [3.8, 4) is 0 Å². The monoisotopic (exact) mass is 392 g/mol. The first kappa shape index (κ1) is 20.3. The van der Waals surface area contributed by atoms with Gasteiger partial charge in [-0.05, 0) is 29.7 Å². The first-order chi connectivity index (χ1) is 12.5. The molecule has 0 aliphatic carbocycles. The van der Waals surface area contributed by atoms with E-state index in [4.69, 9.17) is 23.2 Å². The normalized spacial score (nSPS) is 11.7. The van der Waals surface area contributed by atoms with Crippen LogP contribution in [-0.2, 0) is 22.6 Å². The molecule has 4 nitrogen and oxygen atoms in total. The lowest BCUT2D eigenvalue weighted by molar-refractivity contribution is -0.140. The summed E-state index contributed by atoms with van der Waals surface area (Å²) in [5.74, 6) is -0.299. The van der Waals surface area contributed by atoms with Gasteiger partial charge in [-0.3, -0.25) is 9.59 Å². The van der Waals surface area contributed by atoms with Crippen LogP contribution in [0.5, 0.6) is 0 Å². The third-order valence-electron chi connectivity index (χ3n) is 4.17. The van der Waals surface area contributed by atoms with Gasteiger partial charge in [0, 0.05) is 13.6 Å². The summed E-state index contributed by atoms with van der Waals surface area (Å²) in [6.07, 6.45) is 0.747. The number of amides is 2. The first-order valence-electron chi connectivity index (χ1n) is 8.45. The molecule has 0 heterocycles. The van der Waals surface area contributed by atoms with E-state index in [1.165, 1.54) is 0 Å². The number of benzene rings is 2. The number of halogens is 2. The molecule has 0 saturated heterocycles. The average Bonchev–Trinajstić information content (AvgIpc) is 2.64. The summed E-state index contributed by atoms with van der Waals surface area (Å²) in [4.78, 5) is 26.9. The maximum atomic E-state index is 13.0. The average molecular weight is 393 g/mol. The lowest BCUT2D eigenvalue weighted by Crippen LogP contribution is -2.48. The molecule has 1 atom stereocenters. The maximum Gasteiger partial charge on any atom is 0.242 e. The lowest BCUT2D eigenvalue weighted by Gasteiger charge is -2.30. The predicted molar refractivity (Wildman–Crippen MR) is 105 cm³/mol. The number of carbonyl (C=O) groups excluding carboxylic acids is 2. The molecule has 0 aliphatic heterocycles. The van der Waals surface area contributed by atoms with Gasteiger partial charge in [-0.25, -0.2) is 0 Å². The quantitative estimate of drug-likeness (QED) is 0.771. The first-order valence-corrected chi connectivity index (χ1v) is 9.20. The second kappa shape index (κ2) is 9.60. The lowest BCUT2D eigenvalue weighted by atomic mass is 10.1. The minimum Gasteiger partial charge on any atom is -0.357 e. The minimum absolute atomic E-state index is 0.113. The van der Waals surface area contributed by atoms with Crippen molar-refractivity contribution in [3.05, 3.63) is 69.7 Å². The zero-order valence-corrected chi connectivity index (χ0v) is 16.3. The van der Waals surface area contributed by atoms with E-state index < -0.39 is 6.04 Å². The van der Waals surface area contributed by atoms with E-state index in [9.17, 15) is 9.59 Å². The van der Waals surface area contributed by atoms with Crippen molar-refractivity contribution in [2.75, 3.05) is 7.05 Å². The Balaban J connectivity index is 2.29. The molecule has 2 rings (SSSR count). The van der Waals surface area contributed by atoms with Crippen molar-refractivity contribution in [3.63, 3.8) is 0 Å². The van der Waals surface area contributed by atoms with Gasteiger partial charge in [0.25, 0.3) is 0 Å². The molecule has 2 aromatic carbocycles. The van der Waals surface area contributed by atoms with E-state index in [2.05, 4.69) is 5.32 Å². The molecule has 138 valence electrons. The molecule has 2 aromatic rings. The Labute approximate surface area is 164 Å². The highest BCUT2D eigenvalue weighted by Gasteiger charge is 2.28. The van der Waals surface area contributed by atoms with Crippen molar-refractivity contribution >= 4 is 35.0 Å². The van der Waals surface area contributed by atoms with Gasteiger partial charge in [0.15, 0.2) is 0 Å². The smallest absolute Gasteiger partial charge is 0.242 e. The van der Waals surface area contributed by atoms with Crippen molar-refractivity contribution in [2.24, 2.45) is 0 Å². The van der Waals surface area contributed by atoms with Gasteiger partial charge in [0.1, 0.15) is 6.04 Å². The van der Waals surface area contributed by atoms with E-state index in [0.29, 0.717) is 16.5 Å². The van der Waals surface area contributed by atoms with Gasteiger partial charge >= 0.3 is 0 Å². The van der Waals surface area contributed by atoms with Crippen LogP contribution in [0.15, 0.2) is 48.5 Å². The zero-order valence-electron chi connectivity index (χ0n) is 14.8. The van der Waals surface area contributed by atoms with Gasteiger partial charge in [0.2, 0.25) is 11.8 Å². The molecule has 0 aromatic heterocycles. The van der Waals surface area contributed by atoms with Crippen LogP contribution in [-0.4, -0.2) is 29.8 Å². The van der Waals surface area contributed by atoms with Crippen LogP contribution in [0.25, 0.3) is 0 Å². The fourth-order valence-electron chi connectivity index (χ4n) is 2.79. The Kier molecular flexibility index (Phi) is 7.49. The third-order valence-corrected chi connectivity index (χ3v) is 4.91. The fourth-order valence-corrected chi connectivity index (χ4v) is 3.11. The molecule has 1 N–H and O–H groups in total. The number of nitrogens with one attached hydrogen (secondary N) is 1. The van der Waals surface area contributed by atoms with Crippen molar-refractivity contribution < 1.29 is 9.59 Å². The molecule has 26 heavy (non-hydrogen) atoms. The summed E-state index contributed by atoms with van der Waals surface area (Å²) in [5.41, 5.74) is 1.73. The largest absolute Gasteiger partial charge is 0.357 e. The molecule has 0 radical (unpaired) electrons. The molecule has 0 saturated carbocycles. The number of hydrogen-bond acceptors (Lipinski definition) is 2. The highest BCUT2D eigenvalue weighted by atomic mass is 35.5. The van der Waals surface area contributed by atoms with Crippen LogP contribution in [0.1, 0.15) is 24.5 Å². The Bertz CT molecular complexity index is 766. The number of likely N-dealkylation sites (N-methyl/N-ethyl adjacent to an activating group) is 1. The van der Waals surface area contributed by atoms with E-state index in [1.807, 2.05) is 43.3 Å². The van der Waals surface area contributed by atoms with E-state index >= 15 is 0 Å². The maximum absolute atomic E-state index is 13.0. The Hall–Kier alpha value is -2.04. The Morgan fingerprint density at radius 2 is 1.73 bits per heavy atom. The van der Waals surface area contributed by atoms with Crippen LogP contribution in [0.2, 0.25) is 10.0 Å². The SMILES string of the molecule is CC[C@@H](C(=O)NC)N(Cc1ccc(Cl)c(Cl)c1)C(=O)Cc1ccccc1. The summed E-state index contributed by atoms with van der Waals surface area (Å²) >= 11 is 12.1. The number of rotatable bonds is 7. The molecule has 2 amide bonds. The summed E-state index contributed by atoms with van der Waals surface area (Å²) in [6.45, 7) is 2.17. The van der Waals surface area contributed by atoms with Gasteiger partial charge in [-0.15, -0.1) is 0 Å². The molecule has 0 aliphatic rings. The third kappa shape index (κ3) is 5.23. The second-order valence-corrected chi connectivity index (χ2v) is 6.79. The summed E-state index contributed by atoms with van der Waals surface area (Å²) in [5, 5.41) is 3.52. The molecule has 0 spiro atoms. The number of carbonyl (C=O) groups is 2. The Morgan fingerprint density at radius 1 is 1.04 bits per heavy atom. The van der Waals surface area contributed by atoms with Crippen LogP contribution in [0.3, 0.4) is 0 Å². The second-order valence-electron chi connectivity index (χ2n) is 5.97. The van der Waals surface area contributed by atoms with Crippen molar-refractivity contribution in [2.45, 2.75) is 32.4 Å². The van der Waals surface area contributed by atoms with Gasteiger partial charge < -0.3 is 10.2 Å². The van der Waals surface area contributed by atoms with E-state index in [1.54, 1.807) is 24.1 Å². The Morgan fingerprint density at radius 3 is 2.31 bits per heavy atom. The van der Waals surface area contributed by atoms with Crippen LogP contribution >= 0.6 is 23.2 Å². The minimum atomic E-state index is -0.550. The fraction of sp³-hybridized carbons (Fsp3) is 0.300. The molecule has 0 unspecified atom stereocenters. The number of nitrogens with zero attached hydrogens (tertiary/aromatic N) is 1. The van der Waals surface area contributed by atoms with E-state index in [0.717, 1.165) is 11.1 Å². The molecule has 6 heteroatoms. The standard InChI is InChI=1S/C20H22Cl2N2O2/c1-3-18(20(26)23-2)24(13-15-9-10-16(21)17(22)11-15)19(25)12-14-7-5-4-6-8-14/h4-11,18H,3,12-13H2,1-2H3,(H,23,26)/t18-/m0/s1. The highest BCUT2D eigenvalue weighted by molar-refractivity contribution is 6.42. The molecule has 0 bridgehead atoms. The van der Waals surface area contributed by atoms with Gasteiger partial charge in [-0.2, -0.15) is 0 Å². The molecule has 0 fully saturated rings. The van der Waals surface area contributed by atoms with Crippen molar-refractivity contribution in [1.29, 1.82) is 0 Å². The highest BCUT2D eigenvalue weighted by Crippen LogP contribution is 2.24.